The number of carbonyl (C=O) groups is 2. The maximum atomic E-state index is 12.2. The summed E-state index contributed by atoms with van der Waals surface area (Å²) in [6.45, 7) is 0.567. The van der Waals surface area contributed by atoms with E-state index in [1.807, 2.05) is 12.1 Å². The summed E-state index contributed by atoms with van der Waals surface area (Å²) in [5.74, 6) is -1.18. The molecule has 1 fully saturated rings. The van der Waals surface area contributed by atoms with Gasteiger partial charge in [-0.1, -0.05) is 12.1 Å². The quantitative estimate of drug-likeness (QED) is 0.855. The van der Waals surface area contributed by atoms with Crippen LogP contribution in [0.1, 0.15) is 5.89 Å². The number of carbonyl (C=O) groups excluding carboxylic acids is 1. The molecule has 1 unspecified atom stereocenters. The number of para-hydroxylation sites is 2. The summed E-state index contributed by atoms with van der Waals surface area (Å²) in [6, 6.07) is 6.30. The van der Waals surface area contributed by atoms with Crippen molar-refractivity contribution in [2.24, 2.45) is 0 Å². The Morgan fingerprint density at radius 2 is 2.18 bits per heavy atom. The van der Waals surface area contributed by atoms with E-state index in [1.165, 1.54) is 17.1 Å². The molecule has 0 bridgehead atoms. The normalized spacial score (nSPS) is 18.9. The van der Waals surface area contributed by atoms with Gasteiger partial charge in [-0.25, -0.2) is 9.78 Å². The van der Waals surface area contributed by atoms with Crippen molar-refractivity contribution in [3.63, 3.8) is 0 Å². The fourth-order valence-corrected chi connectivity index (χ4v) is 2.27. The van der Waals surface area contributed by atoms with Crippen LogP contribution in [-0.4, -0.2) is 52.7 Å². The Morgan fingerprint density at radius 3 is 2.95 bits per heavy atom. The van der Waals surface area contributed by atoms with Gasteiger partial charge in [0.05, 0.1) is 13.2 Å². The van der Waals surface area contributed by atoms with E-state index in [4.69, 9.17) is 14.3 Å². The van der Waals surface area contributed by atoms with Gasteiger partial charge in [0.1, 0.15) is 5.52 Å². The van der Waals surface area contributed by atoms with Crippen molar-refractivity contribution in [2.75, 3.05) is 19.8 Å². The molecule has 3 rings (SSSR count). The molecule has 7 nitrogen and oxygen atoms in total. The van der Waals surface area contributed by atoms with Gasteiger partial charge in [-0.2, -0.15) is 0 Å². The number of hydrogen-bond donors (Lipinski definition) is 1. The number of carboxylic acids is 1. The van der Waals surface area contributed by atoms with Crippen LogP contribution in [0.3, 0.4) is 0 Å². The summed E-state index contributed by atoms with van der Waals surface area (Å²) < 4.78 is 10.6. The third-order valence-electron chi connectivity index (χ3n) is 3.38. The van der Waals surface area contributed by atoms with E-state index in [-0.39, 0.29) is 13.2 Å². The molecule has 22 heavy (non-hydrogen) atoms. The van der Waals surface area contributed by atoms with Crippen molar-refractivity contribution in [2.45, 2.75) is 6.04 Å². The third kappa shape index (κ3) is 2.84. The number of carboxylic acid groups (broad SMARTS) is 1. The van der Waals surface area contributed by atoms with Crippen molar-refractivity contribution in [3.05, 3.63) is 36.2 Å². The summed E-state index contributed by atoms with van der Waals surface area (Å²) >= 11 is 0. The molecule has 1 aliphatic heterocycles. The van der Waals surface area contributed by atoms with Crippen molar-refractivity contribution >= 4 is 29.1 Å². The molecule has 7 heteroatoms. The van der Waals surface area contributed by atoms with E-state index in [9.17, 15) is 9.59 Å². The SMILES string of the molecule is O=C(O)C1COCCN1C(=O)/C=C/c1nc2ccccc2o1. The van der Waals surface area contributed by atoms with Crippen LogP contribution in [0.15, 0.2) is 34.8 Å². The van der Waals surface area contributed by atoms with Crippen LogP contribution in [0.25, 0.3) is 17.2 Å². The van der Waals surface area contributed by atoms with Gasteiger partial charge in [0.2, 0.25) is 11.8 Å². The van der Waals surface area contributed by atoms with Crippen LogP contribution in [0.4, 0.5) is 0 Å². The van der Waals surface area contributed by atoms with Crippen LogP contribution < -0.4 is 0 Å². The molecule has 0 aliphatic carbocycles. The number of rotatable bonds is 3. The first-order valence-electron chi connectivity index (χ1n) is 6.80. The predicted octanol–water partition coefficient (Wildman–Crippen LogP) is 1.15. The highest BCUT2D eigenvalue weighted by Gasteiger charge is 2.31. The first-order chi connectivity index (χ1) is 10.6. The number of amides is 1. The molecule has 1 atom stereocenters. The summed E-state index contributed by atoms with van der Waals surface area (Å²) in [4.78, 5) is 28.8. The minimum atomic E-state index is -1.08. The number of morpholine rings is 1. The standard InChI is InChI=1S/C15H14N2O5/c18-14(17-7-8-21-9-11(17)15(19)20)6-5-13-16-10-3-1-2-4-12(10)22-13/h1-6,11H,7-9H2,(H,19,20)/b6-5+. The maximum absolute atomic E-state index is 12.2. The highest BCUT2D eigenvalue weighted by atomic mass is 16.5. The number of oxazole rings is 1. The van der Waals surface area contributed by atoms with Gasteiger partial charge >= 0.3 is 5.97 Å². The van der Waals surface area contributed by atoms with E-state index in [0.29, 0.717) is 23.6 Å². The fraction of sp³-hybridized carbons (Fsp3) is 0.267. The Labute approximate surface area is 125 Å². The second-order valence-electron chi connectivity index (χ2n) is 4.81. The lowest BCUT2D eigenvalue weighted by molar-refractivity contribution is -0.156. The Morgan fingerprint density at radius 1 is 1.36 bits per heavy atom. The van der Waals surface area contributed by atoms with E-state index >= 15 is 0 Å². The Balaban J connectivity index is 1.76. The molecule has 1 N–H and O–H groups in total. The highest BCUT2D eigenvalue weighted by Crippen LogP contribution is 2.16. The van der Waals surface area contributed by atoms with Crippen LogP contribution in [-0.2, 0) is 14.3 Å². The number of aliphatic carboxylic acids is 1. The minimum Gasteiger partial charge on any atom is -0.480 e. The van der Waals surface area contributed by atoms with Gasteiger partial charge in [-0.3, -0.25) is 4.79 Å². The molecule has 0 spiro atoms. The third-order valence-corrected chi connectivity index (χ3v) is 3.38. The number of benzene rings is 1. The first-order valence-corrected chi connectivity index (χ1v) is 6.80. The van der Waals surface area contributed by atoms with E-state index in [1.54, 1.807) is 12.1 Å². The van der Waals surface area contributed by atoms with Crippen LogP contribution in [0.2, 0.25) is 0 Å². The molecule has 2 aromatic rings. The molecule has 1 aromatic carbocycles. The molecule has 114 valence electrons. The lowest BCUT2D eigenvalue weighted by Gasteiger charge is -2.31. The first kappa shape index (κ1) is 14.3. The van der Waals surface area contributed by atoms with Gasteiger partial charge in [-0.05, 0) is 12.1 Å². The van der Waals surface area contributed by atoms with Gasteiger partial charge in [0.25, 0.3) is 0 Å². The number of ether oxygens (including phenoxy) is 1. The molecule has 1 aliphatic rings. The molecule has 2 heterocycles. The Kier molecular flexibility index (Phi) is 3.88. The molecule has 1 aromatic heterocycles. The summed E-state index contributed by atoms with van der Waals surface area (Å²) in [5.41, 5.74) is 1.33. The van der Waals surface area contributed by atoms with Crippen molar-refractivity contribution in [1.29, 1.82) is 0 Å². The zero-order valence-electron chi connectivity index (χ0n) is 11.6. The second-order valence-corrected chi connectivity index (χ2v) is 4.81. The zero-order valence-corrected chi connectivity index (χ0v) is 11.6. The van der Waals surface area contributed by atoms with Crippen molar-refractivity contribution in [1.82, 2.24) is 9.88 Å². The topological polar surface area (TPSA) is 92.9 Å². The van der Waals surface area contributed by atoms with Crippen molar-refractivity contribution < 1.29 is 23.8 Å². The smallest absolute Gasteiger partial charge is 0.328 e. The Bertz CT molecular complexity index is 703. The number of aromatic nitrogens is 1. The fourth-order valence-electron chi connectivity index (χ4n) is 2.27. The largest absolute Gasteiger partial charge is 0.480 e. The summed E-state index contributed by atoms with van der Waals surface area (Å²) in [7, 11) is 0. The van der Waals surface area contributed by atoms with E-state index in [0.717, 1.165) is 0 Å². The number of fused-ring (bicyclic) bond motifs is 1. The van der Waals surface area contributed by atoms with Crippen LogP contribution in [0, 0.1) is 0 Å². The van der Waals surface area contributed by atoms with Gasteiger partial charge in [0, 0.05) is 18.7 Å². The summed E-state index contributed by atoms with van der Waals surface area (Å²) in [6.07, 6.45) is 2.71. The molecule has 0 saturated carbocycles. The lowest BCUT2D eigenvalue weighted by atomic mass is 10.2. The van der Waals surface area contributed by atoms with Gasteiger partial charge in [0.15, 0.2) is 11.6 Å². The average Bonchev–Trinajstić information content (AvgIpc) is 2.95. The van der Waals surface area contributed by atoms with Gasteiger partial charge in [-0.15, -0.1) is 0 Å². The molecule has 1 amide bonds. The lowest BCUT2D eigenvalue weighted by Crippen LogP contribution is -2.52. The average molecular weight is 302 g/mol. The van der Waals surface area contributed by atoms with E-state index < -0.39 is 17.9 Å². The summed E-state index contributed by atoms with van der Waals surface area (Å²) in [5, 5.41) is 9.11. The monoisotopic (exact) mass is 302 g/mol. The minimum absolute atomic E-state index is 0.00218. The van der Waals surface area contributed by atoms with Crippen molar-refractivity contribution in [3.8, 4) is 0 Å². The molecule has 0 radical (unpaired) electrons. The zero-order chi connectivity index (χ0) is 15.5. The maximum Gasteiger partial charge on any atom is 0.328 e. The second kappa shape index (κ2) is 5.98. The highest BCUT2D eigenvalue weighted by molar-refractivity contribution is 5.94. The number of hydrogen-bond acceptors (Lipinski definition) is 5. The van der Waals surface area contributed by atoms with Crippen LogP contribution in [0.5, 0.6) is 0 Å². The molecular weight excluding hydrogens is 288 g/mol. The van der Waals surface area contributed by atoms with Gasteiger partial charge < -0.3 is 19.2 Å². The molecular formula is C15H14N2O5. The van der Waals surface area contributed by atoms with E-state index in [2.05, 4.69) is 4.98 Å². The van der Waals surface area contributed by atoms with Crippen LogP contribution >= 0.6 is 0 Å². The number of nitrogens with zero attached hydrogens (tertiary/aromatic N) is 2. The Hall–Kier alpha value is -2.67. The predicted molar refractivity (Wildman–Crippen MR) is 77.0 cm³/mol. The molecule has 1 saturated heterocycles.